The summed E-state index contributed by atoms with van der Waals surface area (Å²) in [5.74, 6) is 0. The molecule has 0 fully saturated rings. The summed E-state index contributed by atoms with van der Waals surface area (Å²) in [4.78, 5) is 0. The lowest BCUT2D eigenvalue weighted by Crippen LogP contribution is -1.97. The van der Waals surface area contributed by atoms with Crippen molar-refractivity contribution in [2.24, 2.45) is 0 Å². The minimum absolute atomic E-state index is 0.743. The molecule has 0 atom stereocenters. The van der Waals surface area contributed by atoms with Gasteiger partial charge in [0, 0.05) is 5.02 Å². The second-order valence-electron chi connectivity index (χ2n) is 6.35. The second kappa shape index (κ2) is 8.07. The molecule has 4 aromatic rings. The Hall–Kier alpha value is -3.09. The van der Waals surface area contributed by atoms with Gasteiger partial charge in [-0.15, -0.1) is 0 Å². The molecule has 0 amide bonds. The molecule has 0 saturated carbocycles. The number of hydrogen-bond acceptors (Lipinski definition) is 0. The summed E-state index contributed by atoms with van der Waals surface area (Å²) in [5.41, 5.74) is 7.13. The molecule has 0 aliphatic carbocycles. The van der Waals surface area contributed by atoms with Gasteiger partial charge in [0.1, 0.15) is 0 Å². The molecule has 0 bridgehead atoms. The lowest BCUT2D eigenvalue weighted by atomic mass is 9.86. The quantitative estimate of drug-likeness (QED) is 0.331. The number of benzene rings is 4. The van der Waals surface area contributed by atoms with Crippen LogP contribution in [0.25, 0.3) is 11.1 Å². The molecule has 0 N–H and O–H groups in total. The van der Waals surface area contributed by atoms with Crippen LogP contribution in [0.4, 0.5) is 0 Å². The highest BCUT2D eigenvalue weighted by molar-refractivity contribution is 6.30. The highest BCUT2D eigenvalue weighted by Crippen LogP contribution is 2.36. The van der Waals surface area contributed by atoms with Gasteiger partial charge < -0.3 is 0 Å². The molecule has 27 heavy (non-hydrogen) atoms. The summed E-state index contributed by atoms with van der Waals surface area (Å²) in [6.07, 6.45) is 0. The highest BCUT2D eigenvalue weighted by Gasteiger charge is 2.15. The van der Waals surface area contributed by atoms with Crippen LogP contribution in [0, 0.1) is 0 Å². The van der Waals surface area contributed by atoms with E-state index in [0.29, 0.717) is 0 Å². The van der Waals surface area contributed by atoms with Crippen molar-refractivity contribution < 1.29 is 0 Å². The molecule has 0 spiro atoms. The van der Waals surface area contributed by atoms with E-state index >= 15 is 0 Å². The maximum Gasteiger partial charge on any atom is 0.0406 e. The largest absolute Gasteiger partial charge is 0.0843 e. The highest BCUT2D eigenvalue weighted by atomic mass is 35.5. The fraction of sp³-hybridized carbons (Fsp3) is 0. The van der Waals surface area contributed by atoms with Crippen LogP contribution in [0.2, 0.25) is 5.02 Å². The number of rotatable bonds is 4. The van der Waals surface area contributed by atoms with Crippen LogP contribution in [0.3, 0.4) is 0 Å². The van der Waals surface area contributed by atoms with Crippen molar-refractivity contribution in [1.29, 1.82) is 0 Å². The normalized spacial score (nSPS) is 10.4. The molecule has 0 aliphatic rings. The molecule has 1 heteroatoms. The Morgan fingerprint density at radius 2 is 0.667 bits per heavy atom. The van der Waals surface area contributed by atoms with Gasteiger partial charge in [-0.3, -0.25) is 0 Å². The molecule has 0 aliphatic heterocycles. The van der Waals surface area contributed by atoms with E-state index in [1.807, 2.05) is 18.2 Å². The smallest absolute Gasteiger partial charge is 0.0406 e. The Morgan fingerprint density at radius 3 is 1.00 bits per heavy atom. The van der Waals surface area contributed by atoms with Crippen molar-refractivity contribution in [2.75, 3.05) is 0 Å². The summed E-state index contributed by atoms with van der Waals surface area (Å²) < 4.78 is 0. The van der Waals surface area contributed by atoms with Crippen LogP contribution >= 0.6 is 11.6 Å². The molecule has 4 rings (SSSR count). The fourth-order valence-corrected chi connectivity index (χ4v) is 3.47. The van der Waals surface area contributed by atoms with Gasteiger partial charge in [-0.1, -0.05) is 115 Å². The van der Waals surface area contributed by atoms with Gasteiger partial charge in [-0.2, -0.15) is 0 Å². The van der Waals surface area contributed by atoms with Crippen LogP contribution in [-0.2, 0) is 0 Å². The SMILES string of the molecule is Clc1ccc(C(=C(c2ccccc2)c2ccccc2)c2ccccc2)cc1. The van der Waals surface area contributed by atoms with Crippen LogP contribution in [0.15, 0.2) is 115 Å². The van der Waals surface area contributed by atoms with Gasteiger partial charge in [0.25, 0.3) is 0 Å². The predicted octanol–water partition coefficient (Wildman–Crippen LogP) is 7.35. The van der Waals surface area contributed by atoms with Crippen LogP contribution in [0.1, 0.15) is 22.3 Å². The third kappa shape index (κ3) is 3.86. The van der Waals surface area contributed by atoms with Gasteiger partial charge in [-0.05, 0) is 45.5 Å². The Balaban J connectivity index is 2.08. The molecule has 0 aromatic heterocycles. The molecule has 0 heterocycles. The van der Waals surface area contributed by atoms with E-state index in [0.717, 1.165) is 10.6 Å². The molecular formula is C26H19Cl. The van der Waals surface area contributed by atoms with Gasteiger partial charge >= 0.3 is 0 Å². The zero-order chi connectivity index (χ0) is 18.5. The fourth-order valence-electron chi connectivity index (χ4n) is 3.34. The van der Waals surface area contributed by atoms with E-state index in [4.69, 9.17) is 11.6 Å². The van der Waals surface area contributed by atoms with Crippen molar-refractivity contribution >= 4 is 22.7 Å². The number of halogens is 1. The first-order valence-corrected chi connectivity index (χ1v) is 9.37. The third-order valence-corrected chi connectivity index (χ3v) is 4.82. The van der Waals surface area contributed by atoms with E-state index < -0.39 is 0 Å². The summed E-state index contributed by atoms with van der Waals surface area (Å²) in [6.45, 7) is 0. The predicted molar refractivity (Wildman–Crippen MR) is 116 cm³/mol. The molecular weight excluding hydrogens is 348 g/mol. The Morgan fingerprint density at radius 1 is 0.370 bits per heavy atom. The van der Waals surface area contributed by atoms with Crippen molar-refractivity contribution in [2.45, 2.75) is 0 Å². The van der Waals surface area contributed by atoms with E-state index in [-0.39, 0.29) is 0 Å². The maximum absolute atomic E-state index is 6.16. The Kier molecular flexibility index (Phi) is 5.18. The van der Waals surface area contributed by atoms with Gasteiger partial charge in [0.05, 0.1) is 0 Å². The first-order chi connectivity index (χ1) is 13.3. The van der Waals surface area contributed by atoms with Gasteiger partial charge in [0.2, 0.25) is 0 Å². The topological polar surface area (TPSA) is 0 Å². The zero-order valence-electron chi connectivity index (χ0n) is 14.8. The lowest BCUT2D eigenvalue weighted by molar-refractivity contribution is 1.50. The summed E-state index contributed by atoms with van der Waals surface area (Å²) in [7, 11) is 0. The van der Waals surface area contributed by atoms with Crippen molar-refractivity contribution in [3.63, 3.8) is 0 Å². The van der Waals surface area contributed by atoms with Gasteiger partial charge in [-0.25, -0.2) is 0 Å². The first-order valence-electron chi connectivity index (χ1n) is 8.99. The minimum atomic E-state index is 0.743. The maximum atomic E-state index is 6.16. The van der Waals surface area contributed by atoms with Crippen molar-refractivity contribution in [1.82, 2.24) is 0 Å². The van der Waals surface area contributed by atoms with Crippen molar-refractivity contribution in [3.8, 4) is 0 Å². The van der Waals surface area contributed by atoms with E-state index in [2.05, 4.69) is 97.1 Å². The summed E-state index contributed by atoms with van der Waals surface area (Å²) in [5, 5.41) is 0.743. The van der Waals surface area contributed by atoms with E-state index in [1.165, 1.54) is 27.8 Å². The standard InChI is InChI=1S/C26H19Cl/c27-24-18-16-23(17-19-24)26(22-14-8-3-9-15-22)25(20-10-4-1-5-11-20)21-12-6-2-7-13-21/h1-19H. The van der Waals surface area contributed by atoms with Crippen LogP contribution in [0.5, 0.6) is 0 Å². The van der Waals surface area contributed by atoms with Gasteiger partial charge in [0.15, 0.2) is 0 Å². The molecule has 0 nitrogen and oxygen atoms in total. The second-order valence-corrected chi connectivity index (χ2v) is 6.79. The number of hydrogen-bond donors (Lipinski definition) is 0. The van der Waals surface area contributed by atoms with Crippen LogP contribution < -0.4 is 0 Å². The molecule has 0 radical (unpaired) electrons. The first kappa shape index (κ1) is 17.3. The average Bonchev–Trinajstić information content (AvgIpc) is 2.75. The zero-order valence-corrected chi connectivity index (χ0v) is 15.6. The Bertz CT molecular complexity index is 990. The monoisotopic (exact) mass is 366 g/mol. The van der Waals surface area contributed by atoms with Crippen LogP contribution in [-0.4, -0.2) is 0 Å². The third-order valence-electron chi connectivity index (χ3n) is 4.57. The minimum Gasteiger partial charge on any atom is -0.0843 e. The summed E-state index contributed by atoms with van der Waals surface area (Å²) in [6, 6.07) is 39.7. The average molecular weight is 367 g/mol. The molecule has 0 unspecified atom stereocenters. The molecule has 0 saturated heterocycles. The summed E-state index contributed by atoms with van der Waals surface area (Å²) >= 11 is 6.16. The van der Waals surface area contributed by atoms with E-state index in [1.54, 1.807) is 0 Å². The Labute approximate surface area is 165 Å². The molecule has 130 valence electrons. The lowest BCUT2D eigenvalue weighted by Gasteiger charge is -2.18. The van der Waals surface area contributed by atoms with Crippen molar-refractivity contribution in [3.05, 3.63) is 143 Å². The van der Waals surface area contributed by atoms with E-state index in [9.17, 15) is 0 Å². The molecule has 4 aromatic carbocycles.